The van der Waals surface area contributed by atoms with Crippen molar-refractivity contribution >= 4 is 19.8 Å². The normalized spacial score (nSPS) is 13.8. The van der Waals surface area contributed by atoms with Gasteiger partial charge < -0.3 is 24.6 Å². The van der Waals surface area contributed by atoms with E-state index >= 15 is 0 Å². The maximum atomic E-state index is 12.6. The van der Waals surface area contributed by atoms with Gasteiger partial charge in [0.05, 0.1) is 19.8 Å². The number of carbonyl (C=O) groups excluding carboxylic acids is 2. The number of phosphoric ester groups is 1. The maximum Gasteiger partial charge on any atom is 0.472 e. The second kappa shape index (κ2) is 38.0. The fourth-order valence-electron chi connectivity index (χ4n) is 6.03. The first kappa shape index (κ1) is 50.7. The average Bonchev–Trinajstić information content (AvgIpc) is 3.13. The zero-order valence-corrected chi connectivity index (χ0v) is 34.0. The molecule has 10 nitrogen and oxygen atoms in total. The second-order valence-electron chi connectivity index (χ2n) is 14.5. The Morgan fingerprint density at radius 2 is 0.981 bits per heavy atom. The molecule has 0 saturated carbocycles. The molecule has 0 aromatic rings. The molecule has 0 saturated heterocycles. The Morgan fingerprint density at radius 3 is 1.40 bits per heavy atom. The lowest BCUT2D eigenvalue weighted by Crippen LogP contribution is -2.29. The van der Waals surface area contributed by atoms with Crippen LogP contribution in [0.4, 0.5) is 0 Å². The number of unbranched alkanes of at least 4 members (excludes halogenated alkanes) is 26. The van der Waals surface area contributed by atoms with Crippen LogP contribution in [0.5, 0.6) is 0 Å². The van der Waals surface area contributed by atoms with Crippen molar-refractivity contribution in [1.29, 1.82) is 0 Å². The fourth-order valence-corrected chi connectivity index (χ4v) is 6.82. The van der Waals surface area contributed by atoms with E-state index in [4.69, 9.17) is 19.1 Å². The fraction of sp³-hybridized carbons (Fsp3) is 0.902. The van der Waals surface area contributed by atoms with Crippen LogP contribution in [-0.2, 0) is 32.7 Å². The standard InChI is InChI=1S/C41H79O10P/c1-3-5-7-9-11-13-15-17-19-21-23-25-27-29-31-33-41(45)51-39(37-50-52(46,47)49-35-38(43)34-42)36-48-40(44)32-30-28-26-24-22-20-18-16-14-12-10-8-6-4-2/h3,38-39,42-43H,1,4-37H2,2H3,(H,46,47)/t38-,39+/m0/s1. The van der Waals surface area contributed by atoms with E-state index in [0.717, 1.165) is 44.9 Å². The lowest BCUT2D eigenvalue weighted by Gasteiger charge is -2.20. The number of phosphoric acid groups is 1. The zero-order chi connectivity index (χ0) is 38.4. The summed E-state index contributed by atoms with van der Waals surface area (Å²) in [5.41, 5.74) is 0. The van der Waals surface area contributed by atoms with Crippen molar-refractivity contribution < 1.29 is 47.8 Å². The molecule has 3 N–H and O–H groups in total. The molecule has 0 bridgehead atoms. The molecule has 0 heterocycles. The number of hydrogen-bond acceptors (Lipinski definition) is 9. The molecular weight excluding hydrogens is 683 g/mol. The minimum absolute atomic E-state index is 0.187. The molecule has 0 spiro atoms. The molecule has 52 heavy (non-hydrogen) atoms. The molecular formula is C41H79O10P. The molecule has 0 aromatic carbocycles. The van der Waals surface area contributed by atoms with Gasteiger partial charge in [-0.1, -0.05) is 167 Å². The molecule has 0 amide bonds. The Morgan fingerprint density at radius 1 is 0.596 bits per heavy atom. The van der Waals surface area contributed by atoms with Crippen molar-refractivity contribution in [2.75, 3.05) is 26.4 Å². The smallest absolute Gasteiger partial charge is 0.462 e. The first-order chi connectivity index (χ1) is 25.2. The number of rotatable bonds is 41. The van der Waals surface area contributed by atoms with Gasteiger partial charge in [-0.05, 0) is 25.7 Å². The Labute approximate surface area is 317 Å². The van der Waals surface area contributed by atoms with Crippen LogP contribution in [0.25, 0.3) is 0 Å². The largest absolute Gasteiger partial charge is 0.472 e. The lowest BCUT2D eigenvalue weighted by atomic mass is 10.0. The summed E-state index contributed by atoms with van der Waals surface area (Å²) in [6.07, 6.45) is 33.5. The van der Waals surface area contributed by atoms with E-state index in [9.17, 15) is 24.2 Å². The van der Waals surface area contributed by atoms with Gasteiger partial charge in [-0.15, -0.1) is 6.58 Å². The summed E-state index contributed by atoms with van der Waals surface area (Å²) in [6.45, 7) is 3.92. The highest BCUT2D eigenvalue weighted by atomic mass is 31.2. The highest BCUT2D eigenvalue weighted by molar-refractivity contribution is 7.47. The molecule has 3 atom stereocenters. The van der Waals surface area contributed by atoms with E-state index in [2.05, 4.69) is 18.0 Å². The SMILES string of the molecule is C=CCCCCCCCCCCCCCCCC(=O)O[C@H](COC(=O)CCCCCCCCCCCCCCCC)COP(=O)(O)OC[C@@H](O)CO. The van der Waals surface area contributed by atoms with Gasteiger partial charge in [0, 0.05) is 12.8 Å². The molecule has 0 rings (SSSR count). The summed E-state index contributed by atoms with van der Waals surface area (Å²) >= 11 is 0. The third-order valence-electron chi connectivity index (χ3n) is 9.32. The van der Waals surface area contributed by atoms with Crippen LogP contribution in [0.15, 0.2) is 12.7 Å². The highest BCUT2D eigenvalue weighted by Gasteiger charge is 2.27. The van der Waals surface area contributed by atoms with Gasteiger partial charge in [-0.25, -0.2) is 4.57 Å². The Bertz CT molecular complexity index is 871. The van der Waals surface area contributed by atoms with Gasteiger partial charge >= 0.3 is 19.8 Å². The third-order valence-corrected chi connectivity index (χ3v) is 10.3. The van der Waals surface area contributed by atoms with Gasteiger partial charge in [-0.3, -0.25) is 18.6 Å². The van der Waals surface area contributed by atoms with E-state index < -0.39 is 51.8 Å². The van der Waals surface area contributed by atoms with Gasteiger partial charge in [0.25, 0.3) is 0 Å². The van der Waals surface area contributed by atoms with Crippen LogP contribution in [0.3, 0.4) is 0 Å². The van der Waals surface area contributed by atoms with Crippen molar-refractivity contribution in [3.63, 3.8) is 0 Å². The van der Waals surface area contributed by atoms with Gasteiger partial charge in [-0.2, -0.15) is 0 Å². The number of hydrogen-bond donors (Lipinski definition) is 3. The van der Waals surface area contributed by atoms with Crippen molar-refractivity contribution in [2.24, 2.45) is 0 Å². The Kier molecular flexibility index (Phi) is 37.1. The summed E-state index contributed by atoms with van der Waals surface area (Å²) in [7, 11) is -4.61. The van der Waals surface area contributed by atoms with E-state index in [1.807, 2.05) is 6.08 Å². The predicted octanol–water partition coefficient (Wildman–Crippen LogP) is 10.8. The van der Waals surface area contributed by atoms with Crippen LogP contribution in [-0.4, -0.2) is 65.7 Å². The first-order valence-corrected chi connectivity index (χ1v) is 22.6. The third kappa shape index (κ3) is 37.0. The van der Waals surface area contributed by atoms with Crippen molar-refractivity contribution in [2.45, 2.75) is 212 Å². The second-order valence-corrected chi connectivity index (χ2v) is 15.9. The molecule has 308 valence electrons. The van der Waals surface area contributed by atoms with E-state index in [-0.39, 0.29) is 19.4 Å². The van der Waals surface area contributed by atoms with Crippen LogP contribution in [0.1, 0.15) is 200 Å². The van der Waals surface area contributed by atoms with Crippen molar-refractivity contribution in [3.8, 4) is 0 Å². The molecule has 0 radical (unpaired) electrons. The highest BCUT2D eigenvalue weighted by Crippen LogP contribution is 2.43. The van der Waals surface area contributed by atoms with Crippen LogP contribution >= 0.6 is 7.82 Å². The molecule has 1 unspecified atom stereocenters. The Balaban J connectivity index is 4.26. The molecule has 0 aromatic heterocycles. The minimum Gasteiger partial charge on any atom is -0.462 e. The Hall–Kier alpha value is -1.29. The van der Waals surface area contributed by atoms with Crippen LogP contribution in [0.2, 0.25) is 0 Å². The van der Waals surface area contributed by atoms with Gasteiger partial charge in [0.2, 0.25) is 0 Å². The predicted molar refractivity (Wildman–Crippen MR) is 210 cm³/mol. The number of esters is 2. The van der Waals surface area contributed by atoms with Crippen LogP contribution < -0.4 is 0 Å². The number of carbonyl (C=O) groups is 2. The van der Waals surface area contributed by atoms with E-state index in [1.165, 1.54) is 122 Å². The molecule has 0 fully saturated rings. The van der Waals surface area contributed by atoms with E-state index in [0.29, 0.717) is 12.8 Å². The van der Waals surface area contributed by atoms with Gasteiger partial charge in [0.1, 0.15) is 12.7 Å². The summed E-state index contributed by atoms with van der Waals surface area (Å²) in [5.74, 6) is -0.917. The van der Waals surface area contributed by atoms with Crippen LogP contribution in [0, 0.1) is 0 Å². The number of aliphatic hydroxyl groups is 2. The molecule has 0 aliphatic rings. The topological polar surface area (TPSA) is 149 Å². The quantitative estimate of drug-likeness (QED) is 0.0238. The van der Waals surface area contributed by atoms with E-state index in [1.54, 1.807) is 0 Å². The maximum absolute atomic E-state index is 12.6. The number of aliphatic hydroxyl groups excluding tert-OH is 2. The summed E-state index contributed by atoms with van der Waals surface area (Å²) < 4.78 is 32.7. The molecule has 0 aliphatic heterocycles. The number of allylic oxidation sites excluding steroid dienone is 1. The minimum atomic E-state index is -4.61. The van der Waals surface area contributed by atoms with Crippen molar-refractivity contribution in [3.05, 3.63) is 12.7 Å². The zero-order valence-electron chi connectivity index (χ0n) is 33.1. The first-order valence-electron chi connectivity index (χ1n) is 21.1. The average molecular weight is 763 g/mol. The lowest BCUT2D eigenvalue weighted by molar-refractivity contribution is -0.161. The summed E-state index contributed by atoms with van der Waals surface area (Å²) in [4.78, 5) is 34.9. The van der Waals surface area contributed by atoms with Gasteiger partial charge in [0.15, 0.2) is 6.10 Å². The molecule has 0 aliphatic carbocycles. The summed E-state index contributed by atoms with van der Waals surface area (Å²) in [6, 6.07) is 0. The monoisotopic (exact) mass is 763 g/mol. The summed E-state index contributed by atoms with van der Waals surface area (Å²) in [5, 5.41) is 18.3. The van der Waals surface area contributed by atoms with Crippen molar-refractivity contribution in [1.82, 2.24) is 0 Å². The molecule has 11 heteroatoms. The number of ether oxygens (including phenoxy) is 2.